The zero-order valence-corrected chi connectivity index (χ0v) is 15.3. The summed E-state index contributed by atoms with van der Waals surface area (Å²) >= 11 is 0. The van der Waals surface area contributed by atoms with Gasteiger partial charge >= 0.3 is 0 Å². The highest BCUT2D eigenvalue weighted by molar-refractivity contribution is 5.82. The average molecular weight is 403 g/mol. The molecule has 29 heavy (non-hydrogen) atoms. The molecule has 11 nitrogen and oxygen atoms in total. The summed E-state index contributed by atoms with van der Waals surface area (Å²) in [6, 6.07) is 4.63. The number of hydrogen-bond acceptors (Lipinski definition) is 10. The van der Waals surface area contributed by atoms with Crippen LogP contribution in [0.3, 0.4) is 0 Å². The lowest BCUT2D eigenvalue weighted by Gasteiger charge is -2.16. The van der Waals surface area contributed by atoms with Crippen LogP contribution in [0, 0.1) is 0 Å². The molecule has 0 aliphatic carbocycles. The van der Waals surface area contributed by atoms with Gasteiger partial charge < -0.3 is 35.6 Å². The summed E-state index contributed by atoms with van der Waals surface area (Å²) in [5.74, 6) is 0.127. The van der Waals surface area contributed by atoms with Gasteiger partial charge in [0.1, 0.15) is 24.6 Å². The monoisotopic (exact) mass is 403 g/mol. The van der Waals surface area contributed by atoms with Crippen molar-refractivity contribution < 1.29 is 30.3 Å². The number of nitrogens with one attached hydrogen (secondary N) is 1. The van der Waals surface area contributed by atoms with Crippen LogP contribution in [0.25, 0.3) is 11.2 Å². The number of aromatic hydroxyl groups is 2. The van der Waals surface area contributed by atoms with Crippen LogP contribution in [0.4, 0.5) is 5.82 Å². The number of aliphatic hydroxyl groups is 3. The normalized spacial score (nSPS) is 24.2. The van der Waals surface area contributed by atoms with E-state index in [0.29, 0.717) is 29.9 Å². The molecule has 1 aliphatic rings. The second kappa shape index (κ2) is 7.79. The molecule has 1 fully saturated rings. The number of aromatic nitrogens is 4. The molecule has 154 valence electrons. The van der Waals surface area contributed by atoms with Gasteiger partial charge in [0.25, 0.3) is 0 Å². The fourth-order valence-electron chi connectivity index (χ4n) is 3.33. The summed E-state index contributed by atoms with van der Waals surface area (Å²) in [5.41, 5.74) is 1.69. The summed E-state index contributed by atoms with van der Waals surface area (Å²) in [5, 5.41) is 51.6. The third-order valence-corrected chi connectivity index (χ3v) is 4.90. The highest BCUT2D eigenvalue weighted by Crippen LogP contribution is 2.32. The van der Waals surface area contributed by atoms with Crippen LogP contribution in [0.1, 0.15) is 11.8 Å². The minimum absolute atomic E-state index is 0.172. The standard InChI is InChI=1S/C18H21N5O6/c24-6-12-14(27)15(28)18(29-12)23-8-22-13-16(20-7-21-17(13)23)19-4-3-9-1-2-10(25)11(26)5-9/h1-2,5,7-8,12,14-15,18,24-28H,3-4,6H2,(H,19,20,21)/t12-,14-,15-,18?/m1/s1. The van der Waals surface area contributed by atoms with Gasteiger partial charge in [-0.25, -0.2) is 15.0 Å². The van der Waals surface area contributed by atoms with Gasteiger partial charge in [-0.05, 0) is 24.1 Å². The van der Waals surface area contributed by atoms with Gasteiger partial charge in [0.2, 0.25) is 0 Å². The van der Waals surface area contributed by atoms with E-state index >= 15 is 0 Å². The zero-order valence-electron chi connectivity index (χ0n) is 15.3. The predicted octanol–water partition coefficient (Wildman–Crippen LogP) is -0.496. The second-order valence-electron chi connectivity index (χ2n) is 6.78. The highest BCUT2D eigenvalue weighted by atomic mass is 16.6. The molecule has 3 aromatic rings. The molecule has 4 atom stereocenters. The number of phenols is 2. The first-order valence-corrected chi connectivity index (χ1v) is 9.04. The SMILES string of the molecule is OC[C@H]1OC(n2cnc3c(NCCc4ccc(O)c(O)c4)ncnc32)[C@H](O)[C@@H]1O. The molecule has 3 heterocycles. The molecular weight excluding hydrogens is 382 g/mol. The van der Waals surface area contributed by atoms with Crippen molar-refractivity contribution in [2.24, 2.45) is 0 Å². The maximum Gasteiger partial charge on any atom is 0.167 e. The minimum Gasteiger partial charge on any atom is -0.504 e. The fraction of sp³-hybridized carbons (Fsp3) is 0.389. The third kappa shape index (κ3) is 3.56. The Bertz CT molecular complexity index is 1010. The maximum absolute atomic E-state index is 10.2. The lowest BCUT2D eigenvalue weighted by Crippen LogP contribution is -2.33. The molecule has 0 amide bonds. The van der Waals surface area contributed by atoms with E-state index in [0.717, 1.165) is 5.56 Å². The lowest BCUT2D eigenvalue weighted by atomic mass is 10.1. The summed E-state index contributed by atoms with van der Waals surface area (Å²) in [6.45, 7) is 0.0625. The molecule has 0 radical (unpaired) electrons. The Labute approximate surface area is 164 Å². The van der Waals surface area contributed by atoms with E-state index in [9.17, 15) is 25.5 Å². The van der Waals surface area contributed by atoms with Crippen molar-refractivity contribution in [2.45, 2.75) is 31.0 Å². The van der Waals surface area contributed by atoms with Crippen molar-refractivity contribution in [1.29, 1.82) is 0 Å². The second-order valence-corrected chi connectivity index (χ2v) is 6.78. The number of hydrogen-bond donors (Lipinski definition) is 6. The molecule has 1 saturated heterocycles. The van der Waals surface area contributed by atoms with E-state index in [4.69, 9.17) is 4.74 Å². The van der Waals surface area contributed by atoms with Crippen molar-refractivity contribution in [3.8, 4) is 11.5 Å². The number of fused-ring (bicyclic) bond motifs is 1. The average Bonchev–Trinajstić information content (AvgIpc) is 3.26. The molecule has 0 saturated carbocycles. The summed E-state index contributed by atoms with van der Waals surface area (Å²) in [6.07, 6.45) is -0.945. The Morgan fingerprint density at radius 2 is 1.90 bits per heavy atom. The molecule has 0 spiro atoms. The number of anilines is 1. The van der Waals surface area contributed by atoms with Crippen LogP contribution < -0.4 is 5.32 Å². The third-order valence-electron chi connectivity index (χ3n) is 4.90. The van der Waals surface area contributed by atoms with Crippen molar-refractivity contribution in [2.75, 3.05) is 18.5 Å². The molecule has 6 N–H and O–H groups in total. The molecule has 1 aromatic carbocycles. The number of imidazole rings is 1. The van der Waals surface area contributed by atoms with Crippen molar-refractivity contribution in [3.05, 3.63) is 36.4 Å². The van der Waals surface area contributed by atoms with E-state index in [2.05, 4.69) is 20.3 Å². The fourth-order valence-corrected chi connectivity index (χ4v) is 3.33. The molecule has 1 unspecified atom stereocenters. The number of ether oxygens (including phenoxy) is 1. The van der Waals surface area contributed by atoms with Gasteiger partial charge in [-0.2, -0.15) is 0 Å². The smallest absolute Gasteiger partial charge is 0.167 e. The summed E-state index contributed by atoms with van der Waals surface area (Å²) < 4.78 is 7.03. The first-order chi connectivity index (χ1) is 14.0. The predicted molar refractivity (Wildman–Crippen MR) is 100 cm³/mol. The van der Waals surface area contributed by atoms with Gasteiger partial charge in [-0.15, -0.1) is 0 Å². The number of phenolic OH excluding ortho intramolecular Hbond substituents is 2. The Kier molecular flexibility index (Phi) is 5.20. The molecule has 1 aliphatic heterocycles. The number of benzene rings is 1. The number of nitrogens with zero attached hydrogens (tertiary/aromatic N) is 4. The van der Waals surface area contributed by atoms with Gasteiger partial charge in [0.05, 0.1) is 12.9 Å². The Morgan fingerprint density at radius 3 is 2.62 bits per heavy atom. The Balaban J connectivity index is 1.51. The molecule has 11 heteroatoms. The Morgan fingerprint density at radius 1 is 1.07 bits per heavy atom. The number of aliphatic hydroxyl groups excluding tert-OH is 3. The summed E-state index contributed by atoms with van der Waals surface area (Å²) in [4.78, 5) is 12.7. The van der Waals surface area contributed by atoms with Gasteiger partial charge in [0, 0.05) is 6.54 Å². The summed E-state index contributed by atoms with van der Waals surface area (Å²) in [7, 11) is 0. The van der Waals surface area contributed by atoms with Gasteiger partial charge in [-0.1, -0.05) is 6.07 Å². The molecular formula is C18H21N5O6. The molecule has 0 bridgehead atoms. The van der Waals surface area contributed by atoms with E-state index in [-0.39, 0.29) is 11.5 Å². The largest absolute Gasteiger partial charge is 0.504 e. The molecule has 2 aromatic heterocycles. The van der Waals surface area contributed by atoms with E-state index in [1.165, 1.54) is 29.4 Å². The van der Waals surface area contributed by atoms with E-state index < -0.39 is 31.1 Å². The zero-order chi connectivity index (χ0) is 20.5. The van der Waals surface area contributed by atoms with Crippen LogP contribution in [0.15, 0.2) is 30.9 Å². The van der Waals surface area contributed by atoms with Crippen molar-refractivity contribution in [3.63, 3.8) is 0 Å². The Hall–Kier alpha value is -2.99. The van der Waals surface area contributed by atoms with Gasteiger partial charge in [0.15, 0.2) is 34.7 Å². The maximum atomic E-state index is 10.2. The highest BCUT2D eigenvalue weighted by Gasteiger charge is 2.44. The van der Waals surface area contributed by atoms with Crippen LogP contribution in [0.5, 0.6) is 11.5 Å². The van der Waals surface area contributed by atoms with Crippen LogP contribution in [-0.4, -0.2) is 76.5 Å². The van der Waals surface area contributed by atoms with Crippen LogP contribution >= 0.6 is 0 Å². The van der Waals surface area contributed by atoms with Crippen LogP contribution in [-0.2, 0) is 11.2 Å². The van der Waals surface area contributed by atoms with Crippen molar-refractivity contribution in [1.82, 2.24) is 19.5 Å². The lowest BCUT2D eigenvalue weighted by molar-refractivity contribution is -0.0511. The van der Waals surface area contributed by atoms with Crippen LogP contribution in [0.2, 0.25) is 0 Å². The quantitative estimate of drug-likeness (QED) is 0.295. The van der Waals surface area contributed by atoms with Gasteiger partial charge in [-0.3, -0.25) is 4.57 Å². The number of rotatable bonds is 6. The topological polar surface area (TPSA) is 166 Å². The van der Waals surface area contributed by atoms with Crippen molar-refractivity contribution >= 4 is 17.0 Å². The van der Waals surface area contributed by atoms with E-state index in [1.54, 1.807) is 6.07 Å². The molecule has 4 rings (SSSR count). The van der Waals surface area contributed by atoms with E-state index in [1.807, 2.05) is 0 Å². The first kappa shape index (κ1) is 19.3. The first-order valence-electron chi connectivity index (χ1n) is 9.04. The minimum atomic E-state index is -1.24.